The highest BCUT2D eigenvalue weighted by Crippen LogP contribution is 2.32. The van der Waals surface area contributed by atoms with Crippen LogP contribution in [0, 0.1) is 0 Å². The highest BCUT2D eigenvalue weighted by Gasteiger charge is 2.30. The molecule has 1 aliphatic heterocycles. The lowest BCUT2D eigenvalue weighted by Crippen LogP contribution is -2.40. The summed E-state index contributed by atoms with van der Waals surface area (Å²) in [7, 11) is 0. The molecule has 4 nitrogen and oxygen atoms in total. The van der Waals surface area contributed by atoms with Crippen molar-refractivity contribution in [3.8, 4) is 0 Å². The van der Waals surface area contributed by atoms with Gasteiger partial charge >= 0.3 is 0 Å². The molecule has 0 aromatic heterocycles. The molecule has 1 unspecified atom stereocenters. The molecule has 1 fully saturated rings. The van der Waals surface area contributed by atoms with Gasteiger partial charge in [-0.15, -0.1) is 0 Å². The van der Waals surface area contributed by atoms with Crippen molar-refractivity contribution in [3.63, 3.8) is 0 Å². The Morgan fingerprint density at radius 3 is 2.88 bits per heavy atom. The van der Waals surface area contributed by atoms with Crippen LogP contribution in [-0.2, 0) is 4.79 Å². The Balaban J connectivity index is 2.32. The number of nitrogens with zero attached hydrogens (tertiary/aromatic N) is 1. The number of anilines is 2. The van der Waals surface area contributed by atoms with Crippen LogP contribution in [0.2, 0.25) is 0 Å². The van der Waals surface area contributed by atoms with Crippen molar-refractivity contribution in [3.05, 3.63) is 22.7 Å². The van der Waals surface area contributed by atoms with Crippen LogP contribution in [-0.4, -0.2) is 18.5 Å². The summed E-state index contributed by atoms with van der Waals surface area (Å²) < 4.78 is 0.934. The van der Waals surface area contributed by atoms with Crippen LogP contribution in [0.5, 0.6) is 0 Å². The Labute approximate surface area is 103 Å². The highest BCUT2D eigenvalue weighted by atomic mass is 79.9. The van der Waals surface area contributed by atoms with Crippen molar-refractivity contribution >= 4 is 33.2 Å². The summed E-state index contributed by atoms with van der Waals surface area (Å²) in [6.07, 6.45) is 1.79. The number of hydrogen-bond donors (Lipinski definition) is 2. The number of nitrogen functional groups attached to an aromatic ring is 1. The summed E-state index contributed by atoms with van der Waals surface area (Å²) in [6.45, 7) is 0.833. The standard InChI is InChI=1S/C11H14BrN3O/c12-7-3-4-9(8(13)6-7)15-5-1-2-10(15)11(14)16/h3-4,6,10H,1-2,5,13H2,(H2,14,16). The third kappa shape index (κ3) is 2.00. The molecule has 1 saturated heterocycles. The molecule has 4 N–H and O–H groups in total. The first-order valence-corrected chi connectivity index (χ1v) is 6.00. The quantitative estimate of drug-likeness (QED) is 0.808. The Morgan fingerprint density at radius 2 is 2.25 bits per heavy atom. The molecule has 1 atom stereocenters. The average molecular weight is 284 g/mol. The van der Waals surface area contributed by atoms with Gasteiger partial charge in [0.2, 0.25) is 5.91 Å². The molecule has 1 aliphatic rings. The normalized spacial score (nSPS) is 20.1. The van der Waals surface area contributed by atoms with Gasteiger partial charge in [0.05, 0.1) is 11.4 Å². The van der Waals surface area contributed by atoms with Gasteiger partial charge < -0.3 is 16.4 Å². The van der Waals surface area contributed by atoms with E-state index in [9.17, 15) is 4.79 Å². The predicted molar refractivity (Wildman–Crippen MR) is 68.1 cm³/mol. The first-order valence-electron chi connectivity index (χ1n) is 5.20. The van der Waals surface area contributed by atoms with Gasteiger partial charge in [-0.05, 0) is 31.0 Å². The molecule has 1 aromatic rings. The lowest BCUT2D eigenvalue weighted by molar-refractivity contribution is -0.119. The third-order valence-corrected chi connectivity index (χ3v) is 3.37. The molecule has 1 aromatic carbocycles. The van der Waals surface area contributed by atoms with E-state index >= 15 is 0 Å². The molecule has 2 rings (SSSR count). The van der Waals surface area contributed by atoms with E-state index in [4.69, 9.17) is 11.5 Å². The minimum atomic E-state index is -0.278. The Kier molecular flexibility index (Phi) is 3.05. The fraction of sp³-hybridized carbons (Fsp3) is 0.364. The number of primary amides is 1. The van der Waals surface area contributed by atoms with Crippen LogP contribution in [0.15, 0.2) is 22.7 Å². The molecule has 86 valence electrons. The average Bonchev–Trinajstić information content (AvgIpc) is 2.66. The molecule has 0 radical (unpaired) electrons. The second-order valence-corrected chi connectivity index (χ2v) is 4.87. The maximum atomic E-state index is 11.3. The van der Waals surface area contributed by atoms with Crippen molar-refractivity contribution in [2.24, 2.45) is 5.73 Å². The number of nitrogens with two attached hydrogens (primary N) is 2. The number of amides is 1. The second-order valence-electron chi connectivity index (χ2n) is 3.96. The SMILES string of the molecule is NC(=O)C1CCCN1c1ccc(Br)cc1N. The van der Waals surface area contributed by atoms with Gasteiger partial charge in [-0.1, -0.05) is 15.9 Å². The van der Waals surface area contributed by atoms with E-state index in [1.165, 1.54) is 0 Å². The highest BCUT2D eigenvalue weighted by molar-refractivity contribution is 9.10. The Morgan fingerprint density at radius 1 is 1.50 bits per heavy atom. The minimum Gasteiger partial charge on any atom is -0.397 e. The Hall–Kier alpha value is -1.23. The monoisotopic (exact) mass is 283 g/mol. The van der Waals surface area contributed by atoms with Gasteiger partial charge in [-0.25, -0.2) is 0 Å². The molecule has 1 heterocycles. The van der Waals surface area contributed by atoms with E-state index in [2.05, 4.69) is 15.9 Å². The molecular formula is C11H14BrN3O. The van der Waals surface area contributed by atoms with Gasteiger partial charge in [0.1, 0.15) is 6.04 Å². The van der Waals surface area contributed by atoms with Crippen molar-refractivity contribution < 1.29 is 4.79 Å². The lowest BCUT2D eigenvalue weighted by atomic mass is 10.2. The van der Waals surface area contributed by atoms with E-state index in [0.717, 1.165) is 29.5 Å². The summed E-state index contributed by atoms with van der Waals surface area (Å²) in [6, 6.07) is 5.46. The van der Waals surface area contributed by atoms with Gasteiger partial charge in [0.25, 0.3) is 0 Å². The topological polar surface area (TPSA) is 72.4 Å². The van der Waals surface area contributed by atoms with Crippen LogP contribution in [0.1, 0.15) is 12.8 Å². The smallest absolute Gasteiger partial charge is 0.240 e. The summed E-state index contributed by atoms with van der Waals surface area (Å²) in [5.74, 6) is -0.278. The number of carbonyl (C=O) groups excluding carboxylic acids is 1. The minimum absolute atomic E-state index is 0.219. The molecule has 1 amide bonds. The second kappa shape index (κ2) is 4.33. The van der Waals surface area contributed by atoms with Gasteiger partial charge in [0.15, 0.2) is 0 Å². The van der Waals surface area contributed by atoms with E-state index in [0.29, 0.717) is 5.69 Å². The molecule has 0 bridgehead atoms. The van der Waals surface area contributed by atoms with Crippen molar-refractivity contribution in [2.75, 3.05) is 17.2 Å². The lowest BCUT2D eigenvalue weighted by Gasteiger charge is -2.25. The number of halogens is 1. The first kappa shape index (κ1) is 11.3. The number of rotatable bonds is 2. The zero-order valence-corrected chi connectivity index (χ0v) is 10.4. The summed E-state index contributed by atoms with van der Waals surface area (Å²) in [5, 5.41) is 0. The number of hydrogen-bond acceptors (Lipinski definition) is 3. The molecule has 0 spiro atoms. The number of carbonyl (C=O) groups is 1. The summed E-state index contributed by atoms with van der Waals surface area (Å²) in [5.41, 5.74) is 12.9. The summed E-state index contributed by atoms with van der Waals surface area (Å²) >= 11 is 3.36. The molecular weight excluding hydrogens is 270 g/mol. The molecule has 5 heteroatoms. The number of benzene rings is 1. The van der Waals surface area contributed by atoms with Crippen molar-refractivity contribution in [2.45, 2.75) is 18.9 Å². The molecule has 0 aliphatic carbocycles. The molecule has 16 heavy (non-hydrogen) atoms. The van der Waals surface area contributed by atoms with Crippen LogP contribution in [0.25, 0.3) is 0 Å². The maximum absolute atomic E-state index is 11.3. The molecule has 0 saturated carbocycles. The van der Waals surface area contributed by atoms with Gasteiger partial charge in [-0.2, -0.15) is 0 Å². The van der Waals surface area contributed by atoms with Gasteiger partial charge in [0, 0.05) is 11.0 Å². The van der Waals surface area contributed by atoms with Crippen LogP contribution in [0.4, 0.5) is 11.4 Å². The van der Waals surface area contributed by atoms with E-state index < -0.39 is 0 Å². The fourth-order valence-corrected chi connectivity index (χ4v) is 2.52. The zero-order chi connectivity index (χ0) is 11.7. The largest absolute Gasteiger partial charge is 0.397 e. The van der Waals surface area contributed by atoms with Crippen LogP contribution < -0.4 is 16.4 Å². The van der Waals surface area contributed by atoms with Gasteiger partial charge in [-0.3, -0.25) is 4.79 Å². The van der Waals surface area contributed by atoms with E-state index in [1.807, 2.05) is 23.1 Å². The maximum Gasteiger partial charge on any atom is 0.240 e. The zero-order valence-electron chi connectivity index (χ0n) is 8.82. The fourth-order valence-electron chi connectivity index (χ4n) is 2.14. The summed E-state index contributed by atoms with van der Waals surface area (Å²) in [4.78, 5) is 13.3. The first-order chi connectivity index (χ1) is 7.59. The van der Waals surface area contributed by atoms with E-state index in [-0.39, 0.29) is 11.9 Å². The predicted octanol–water partition coefficient (Wildman–Crippen LogP) is 1.49. The van der Waals surface area contributed by atoms with E-state index in [1.54, 1.807) is 0 Å². The van der Waals surface area contributed by atoms with Crippen molar-refractivity contribution in [1.29, 1.82) is 0 Å². The van der Waals surface area contributed by atoms with Crippen LogP contribution in [0.3, 0.4) is 0 Å². The Bertz CT molecular complexity index is 422. The third-order valence-electron chi connectivity index (χ3n) is 2.88. The van der Waals surface area contributed by atoms with Crippen molar-refractivity contribution in [1.82, 2.24) is 0 Å². The van der Waals surface area contributed by atoms with Crippen LogP contribution >= 0.6 is 15.9 Å².